The average molecular weight is 280 g/mol. The van der Waals surface area contributed by atoms with Gasteiger partial charge in [-0.2, -0.15) is 4.31 Å². The number of carbonyl (C=O) groups is 1. The second kappa shape index (κ2) is 5.28. The molecule has 8 heteroatoms. The van der Waals surface area contributed by atoms with Crippen LogP contribution in [0.15, 0.2) is 0 Å². The van der Waals surface area contributed by atoms with Gasteiger partial charge in [-0.15, -0.1) is 0 Å². The third-order valence-electron chi connectivity index (χ3n) is 2.84. The number of sulfonamides is 1. The first-order chi connectivity index (χ1) is 7.82. The van der Waals surface area contributed by atoms with Gasteiger partial charge in [0.2, 0.25) is 10.0 Å². The van der Waals surface area contributed by atoms with Crippen LogP contribution in [0.4, 0.5) is 0 Å². The first kappa shape index (κ1) is 14.3. The van der Waals surface area contributed by atoms with Crippen LogP contribution in [0.3, 0.4) is 0 Å². The lowest BCUT2D eigenvalue weighted by atomic mass is 10.2. The van der Waals surface area contributed by atoms with Gasteiger partial charge in [0.15, 0.2) is 5.25 Å². The largest absolute Gasteiger partial charge is 0.468 e. The van der Waals surface area contributed by atoms with Crippen LogP contribution >= 0.6 is 12.2 Å². The summed E-state index contributed by atoms with van der Waals surface area (Å²) in [4.78, 5) is 11.4. The van der Waals surface area contributed by atoms with Gasteiger partial charge in [0.1, 0.15) is 0 Å². The number of nitrogens with zero attached hydrogens (tertiary/aromatic N) is 1. The Labute approximate surface area is 106 Å². The van der Waals surface area contributed by atoms with E-state index in [2.05, 4.69) is 4.74 Å². The van der Waals surface area contributed by atoms with Gasteiger partial charge in [-0.3, -0.25) is 4.79 Å². The first-order valence-corrected chi connectivity index (χ1v) is 7.11. The first-order valence-electron chi connectivity index (χ1n) is 5.20. The molecule has 0 aromatic rings. The van der Waals surface area contributed by atoms with Crippen molar-refractivity contribution in [2.24, 2.45) is 5.73 Å². The van der Waals surface area contributed by atoms with Crippen molar-refractivity contribution in [2.45, 2.75) is 31.1 Å². The van der Waals surface area contributed by atoms with E-state index in [4.69, 9.17) is 18.0 Å². The molecule has 0 saturated carbocycles. The molecule has 1 aliphatic rings. The lowest BCUT2D eigenvalue weighted by molar-refractivity contribution is -0.139. The van der Waals surface area contributed by atoms with Gasteiger partial charge in [-0.05, 0) is 19.8 Å². The highest BCUT2D eigenvalue weighted by atomic mass is 32.2. The maximum atomic E-state index is 12.2. The summed E-state index contributed by atoms with van der Waals surface area (Å²) in [7, 11) is -2.60. The Hall–Kier alpha value is -0.730. The molecule has 0 aliphatic carbocycles. The molecule has 0 aromatic heterocycles. The van der Waals surface area contributed by atoms with Crippen molar-refractivity contribution in [1.82, 2.24) is 4.31 Å². The van der Waals surface area contributed by atoms with E-state index in [1.165, 1.54) is 11.2 Å². The van der Waals surface area contributed by atoms with Crippen molar-refractivity contribution in [2.75, 3.05) is 13.7 Å². The second-order valence-corrected chi connectivity index (χ2v) is 6.56. The van der Waals surface area contributed by atoms with Gasteiger partial charge in [-0.25, -0.2) is 8.42 Å². The molecule has 1 fully saturated rings. The molecular weight excluding hydrogens is 264 g/mol. The molecule has 1 rings (SSSR count). The van der Waals surface area contributed by atoms with Crippen LogP contribution in [-0.2, 0) is 19.6 Å². The summed E-state index contributed by atoms with van der Waals surface area (Å²) in [5, 5.41) is -1.23. The Balaban J connectivity index is 2.98. The smallest absolute Gasteiger partial charge is 0.325 e. The van der Waals surface area contributed by atoms with Crippen LogP contribution in [0.1, 0.15) is 19.8 Å². The third-order valence-corrected chi connectivity index (χ3v) is 5.29. The van der Waals surface area contributed by atoms with Crippen LogP contribution in [0.5, 0.6) is 0 Å². The maximum absolute atomic E-state index is 12.2. The van der Waals surface area contributed by atoms with E-state index in [-0.39, 0.29) is 4.99 Å². The Kier molecular flexibility index (Phi) is 4.45. The summed E-state index contributed by atoms with van der Waals surface area (Å²) in [5.41, 5.74) is 5.50. The molecule has 17 heavy (non-hydrogen) atoms. The van der Waals surface area contributed by atoms with E-state index >= 15 is 0 Å². The van der Waals surface area contributed by atoms with Gasteiger partial charge < -0.3 is 10.5 Å². The molecule has 0 spiro atoms. The number of hydrogen-bond donors (Lipinski definition) is 1. The zero-order valence-electron chi connectivity index (χ0n) is 9.75. The Morgan fingerprint density at radius 2 is 2.18 bits per heavy atom. The minimum Gasteiger partial charge on any atom is -0.468 e. The highest BCUT2D eigenvalue weighted by Gasteiger charge is 2.41. The molecule has 98 valence electrons. The van der Waals surface area contributed by atoms with Gasteiger partial charge in [0.05, 0.1) is 18.1 Å². The van der Waals surface area contributed by atoms with E-state index in [1.807, 2.05) is 0 Å². The van der Waals surface area contributed by atoms with Gasteiger partial charge in [0.25, 0.3) is 0 Å². The highest BCUT2D eigenvalue weighted by molar-refractivity contribution is 7.90. The fourth-order valence-corrected chi connectivity index (χ4v) is 3.83. The predicted octanol–water partition coefficient (Wildman–Crippen LogP) is -0.372. The number of ether oxygens (including phenoxy) is 1. The zero-order chi connectivity index (χ0) is 13.2. The number of thiocarbonyl (C=S) groups is 1. The van der Waals surface area contributed by atoms with Crippen molar-refractivity contribution in [3.05, 3.63) is 0 Å². The molecule has 2 unspecified atom stereocenters. The molecule has 0 radical (unpaired) electrons. The van der Waals surface area contributed by atoms with Crippen molar-refractivity contribution >= 4 is 33.2 Å². The summed E-state index contributed by atoms with van der Waals surface area (Å²) in [6.07, 6.45) is 1.29. The average Bonchev–Trinajstić information content (AvgIpc) is 2.76. The molecule has 1 aliphatic heterocycles. The summed E-state index contributed by atoms with van der Waals surface area (Å²) in [6.45, 7) is 1.64. The molecule has 0 aromatic carbocycles. The molecule has 1 saturated heterocycles. The number of hydrogen-bond acceptors (Lipinski definition) is 5. The number of methoxy groups -OCH3 is 1. The van der Waals surface area contributed by atoms with Gasteiger partial charge in [-0.1, -0.05) is 12.2 Å². The minimum atomic E-state index is -3.75. The van der Waals surface area contributed by atoms with Gasteiger partial charge >= 0.3 is 5.97 Å². The fraction of sp³-hybridized carbons (Fsp3) is 0.778. The summed E-state index contributed by atoms with van der Waals surface area (Å²) < 4.78 is 30.0. The Bertz CT molecular complexity index is 421. The van der Waals surface area contributed by atoms with E-state index in [0.717, 1.165) is 7.11 Å². The Morgan fingerprint density at radius 3 is 2.65 bits per heavy atom. The van der Waals surface area contributed by atoms with Crippen molar-refractivity contribution in [3.8, 4) is 0 Å². The highest BCUT2D eigenvalue weighted by Crippen LogP contribution is 2.24. The minimum absolute atomic E-state index is 0.142. The molecule has 0 bridgehead atoms. The van der Waals surface area contributed by atoms with Crippen LogP contribution < -0.4 is 5.73 Å². The number of nitrogens with two attached hydrogens (primary N) is 1. The fourth-order valence-electron chi connectivity index (χ4n) is 1.82. The number of carbonyl (C=O) groups excluding carboxylic acids is 1. The molecule has 6 nitrogen and oxygen atoms in total. The number of esters is 1. The topological polar surface area (TPSA) is 89.7 Å². The summed E-state index contributed by atoms with van der Waals surface area (Å²) >= 11 is 4.84. The molecule has 2 N–H and O–H groups in total. The van der Waals surface area contributed by atoms with Gasteiger partial charge in [0, 0.05) is 6.54 Å². The van der Waals surface area contributed by atoms with Crippen molar-refractivity contribution < 1.29 is 17.9 Å². The van der Waals surface area contributed by atoms with E-state index in [0.29, 0.717) is 19.4 Å². The summed E-state index contributed by atoms with van der Waals surface area (Å²) in [6, 6.07) is -0.484. The predicted molar refractivity (Wildman–Crippen MR) is 66.9 cm³/mol. The second-order valence-electron chi connectivity index (χ2n) is 3.88. The molecule has 2 atom stereocenters. The van der Waals surface area contributed by atoms with Crippen LogP contribution in [0.25, 0.3) is 0 Å². The summed E-state index contributed by atoms with van der Waals surface area (Å²) in [5.74, 6) is -0.779. The quantitative estimate of drug-likeness (QED) is 0.558. The van der Waals surface area contributed by atoms with E-state index in [9.17, 15) is 13.2 Å². The zero-order valence-corrected chi connectivity index (χ0v) is 11.4. The van der Waals surface area contributed by atoms with Crippen molar-refractivity contribution in [1.29, 1.82) is 0 Å². The monoisotopic (exact) mass is 280 g/mol. The number of rotatable bonds is 4. The molecule has 1 heterocycles. The standard InChI is InChI=1S/C9H16N2O4S2/c1-6(9(12)15-2)17(13,14)11-5-3-4-7(11)8(10)16/h6-7H,3-5H2,1-2H3,(H2,10,16). The van der Waals surface area contributed by atoms with Crippen molar-refractivity contribution in [3.63, 3.8) is 0 Å². The van der Waals surface area contributed by atoms with E-state index in [1.54, 1.807) is 0 Å². The maximum Gasteiger partial charge on any atom is 0.325 e. The normalized spacial score (nSPS) is 23.3. The van der Waals surface area contributed by atoms with Crippen LogP contribution in [-0.4, -0.2) is 48.6 Å². The van der Waals surface area contributed by atoms with E-state index < -0.39 is 27.3 Å². The Morgan fingerprint density at radius 1 is 1.59 bits per heavy atom. The van der Waals surface area contributed by atoms with Crippen LogP contribution in [0, 0.1) is 0 Å². The van der Waals surface area contributed by atoms with Crippen LogP contribution in [0.2, 0.25) is 0 Å². The SMILES string of the molecule is COC(=O)C(C)S(=O)(=O)N1CCCC1C(N)=S. The lowest BCUT2D eigenvalue weighted by Crippen LogP contribution is -2.48. The molecular formula is C9H16N2O4S2. The third kappa shape index (κ3) is 2.75. The molecule has 0 amide bonds. The lowest BCUT2D eigenvalue weighted by Gasteiger charge is -2.25.